The van der Waals surface area contributed by atoms with Crippen LogP contribution in [0.3, 0.4) is 0 Å². The van der Waals surface area contributed by atoms with Crippen molar-refractivity contribution in [2.24, 2.45) is 0 Å². The van der Waals surface area contributed by atoms with Crippen LogP contribution in [-0.4, -0.2) is 9.13 Å². The third-order valence-electron chi connectivity index (χ3n) is 13.1. The van der Waals surface area contributed by atoms with Gasteiger partial charge in [0.05, 0.1) is 16.6 Å². The quantitative estimate of drug-likeness (QED) is 0.157. The first-order valence-corrected chi connectivity index (χ1v) is 21.5. The maximum Gasteiger partial charge on any atom is 0.0635 e. The summed E-state index contributed by atoms with van der Waals surface area (Å²) in [5.41, 5.74) is 19.2. The Bertz CT molecular complexity index is 3480. The summed E-state index contributed by atoms with van der Waals surface area (Å²) in [6.45, 7) is 4.71. The van der Waals surface area contributed by atoms with Gasteiger partial charge in [-0.25, -0.2) is 0 Å². The molecule has 0 atom stereocenters. The van der Waals surface area contributed by atoms with Crippen LogP contribution >= 0.6 is 0 Å². The third-order valence-corrected chi connectivity index (χ3v) is 13.1. The molecule has 1 aliphatic rings. The minimum absolute atomic E-state index is 0.115. The van der Waals surface area contributed by atoms with Crippen molar-refractivity contribution >= 4 is 49.8 Å². The number of hydrogen-bond donors (Lipinski definition) is 0. The highest BCUT2D eigenvalue weighted by Crippen LogP contribution is 2.51. The zero-order valence-corrected chi connectivity index (χ0v) is 34.7. The first-order valence-electron chi connectivity index (χ1n) is 21.5. The fourth-order valence-electron chi connectivity index (χ4n) is 10.1. The predicted molar refractivity (Wildman–Crippen MR) is 261 cm³/mol. The van der Waals surface area contributed by atoms with E-state index in [1.54, 1.807) is 0 Å². The number of benzene rings is 9. The van der Waals surface area contributed by atoms with Crippen molar-refractivity contribution in [1.82, 2.24) is 9.13 Å². The number of rotatable bonds is 7. The van der Waals surface area contributed by atoms with Crippen molar-refractivity contribution in [3.63, 3.8) is 0 Å². The van der Waals surface area contributed by atoms with E-state index < -0.39 is 0 Å². The van der Waals surface area contributed by atoms with Gasteiger partial charge in [0.15, 0.2) is 0 Å². The smallest absolute Gasteiger partial charge is 0.0635 e. The molecule has 0 bridgehead atoms. The van der Waals surface area contributed by atoms with E-state index in [9.17, 15) is 0 Å². The minimum Gasteiger partial charge on any atom is -0.316 e. The molecular weight excluding hydrogens is 751 g/mol. The van der Waals surface area contributed by atoms with E-state index in [0.29, 0.717) is 0 Å². The molecule has 0 saturated carbocycles. The normalized spacial score (nSPS) is 12.8. The molecule has 0 aliphatic heterocycles. The Morgan fingerprint density at radius 2 is 1.00 bits per heavy atom. The third kappa shape index (κ3) is 5.66. The van der Waals surface area contributed by atoms with Gasteiger partial charge >= 0.3 is 0 Å². The standard InChI is InChI=1S/C59H43N3/c1-59(2)54-25-11-9-23-49(54)50-32-31-48(39-55(50)59)61(45-29-27-41(28-30-45)40-15-5-3-6-16-40)46-21-13-17-42(37-46)43-18-14-22-47(38-43)62-57-26-12-10-24-51(57)52-33-34-56-53(58(52)62)35-36-60(56)44-19-7-4-8-20-44/h3-39H,1-2H3. The highest BCUT2D eigenvalue weighted by Gasteiger charge is 2.35. The molecule has 11 aromatic rings. The summed E-state index contributed by atoms with van der Waals surface area (Å²) in [6.07, 6.45) is 2.20. The van der Waals surface area contributed by atoms with E-state index in [0.717, 1.165) is 39.6 Å². The second-order valence-corrected chi connectivity index (χ2v) is 17.0. The van der Waals surface area contributed by atoms with E-state index >= 15 is 0 Å². The summed E-state index contributed by atoms with van der Waals surface area (Å²) < 4.78 is 4.75. The lowest BCUT2D eigenvalue weighted by Crippen LogP contribution is -2.16. The average Bonchev–Trinajstić information content (AvgIpc) is 3.99. The maximum absolute atomic E-state index is 2.46. The molecular formula is C59H43N3. The molecule has 3 nitrogen and oxygen atoms in total. The van der Waals surface area contributed by atoms with E-state index in [2.05, 4.69) is 252 Å². The Hall–Kier alpha value is -7.88. The van der Waals surface area contributed by atoms with Gasteiger partial charge in [-0.1, -0.05) is 153 Å². The average molecular weight is 794 g/mol. The second-order valence-electron chi connectivity index (χ2n) is 17.0. The van der Waals surface area contributed by atoms with Crippen LogP contribution in [0.4, 0.5) is 17.1 Å². The van der Waals surface area contributed by atoms with Crippen LogP contribution in [0.5, 0.6) is 0 Å². The number of nitrogens with zero attached hydrogens (tertiary/aromatic N) is 3. The molecule has 0 amide bonds. The molecule has 0 unspecified atom stereocenters. The van der Waals surface area contributed by atoms with Gasteiger partial charge in [-0.2, -0.15) is 0 Å². The lowest BCUT2D eigenvalue weighted by molar-refractivity contribution is 0.660. The number of aromatic nitrogens is 2. The van der Waals surface area contributed by atoms with E-state index in [1.165, 1.54) is 66.1 Å². The predicted octanol–water partition coefficient (Wildman–Crippen LogP) is 15.8. The fraction of sp³-hybridized carbons (Fsp3) is 0.0508. The van der Waals surface area contributed by atoms with Gasteiger partial charge in [0.2, 0.25) is 0 Å². The SMILES string of the molecule is CC1(C)c2ccccc2-c2ccc(N(c3ccc(-c4ccccc4)cc3)c3cccc(-c4cccc(-n5c6ccccc6c6ccc7c(ccn7-c7ccccc7)c65)c4)c3)cc21. The first kappa shape index (κ1) is 36.0. The number of anilines is 3. The maximum atomic E-state index is 2.46. The molecule has 0 radical (unpaired) electrons. The summed E-state index contributed by atoms with van der Waals surface area (Å²) in [5, 5.41) is 3.73. The highest BCUT2D eigenvalue weighted by molar-refractivity contribution is 6.18. The van der Waals surface area contributed by atoms with E-state index in [-0.39, 0.29) is 5.41 Å². The van der Waals surface area contributed by atoms with Crippen molar-refractivity contribution in [3.05, 3.63) is 236 Å². The molecule has 1 aliphatic carbocycles. The molecule has 3 heteroatoms. The number of para-hydroxylation sites is 2. The Morgan fingerprint density at radius 1 is 0.371 bits per heavy atom. The summed E-state index contributed by atoms with van der Waals surface area (Å²) >= 11 is 0. The topological polar surface area (TPSA) is 13.1 Å². The first-order chi connectivity index (χ1) is 30.5. The van der Waals surface area contributed by atoms with Crippen LogP contribution in [0.15, 0.2) is 225 Å². The number of fused-ring (bicyclic) bond motifs is 8. The molecule has 2 aromatic heterocycles. The second kappa shape index (κ2) is 14.1. The van der Waals surface area contributed by atoms with E-state index in [1.807, 2.05) is 0 Å². The monoisotopic (exact) mass is 793 g/mol. The Labute approximate surface area is 362 Å². The van der Waals surface area contributed by atoms with Crippen LogP contribution in [0.1, 0.15) is 25.0 Å². The molecule has 0 fully saturated rings. The van der Waals surface area contributed by atoms with Gasteiger partial charge in [0, 0.05) is 56.2 Å². The van der Waals surface area contributed by atoms with Crippen molar-refractivity contribution in [2.75, 3.05) is 4.90 Å². The molecule has 294 valence electrons. The van der Waals surface area contributed by atoms with Crippen molar-refractivity contribution in [1.29, 1.82) is 0 Å². The van der Waals surface area contributed by atoms with Crippen LogP contribution in [0.2, 0.25) is 0 Å². The minimum atomic E-state index is -0.115. The summed E-state index contributed by atoms with van der Waals surface area (Å²) in [5.74, 6) is 0. The summed E-state index contributed by atoms with van der Waals surface area (Å²) in [4.78, 5) is 2.42. The molecule has 2 heterocycles. The van der Waals surface area contributed by atoms with Gasteiger partial charge in [0.1, 0.15) is 0 Å². The van der Waals surface area contributed by atoms with Gasteiger partial charge in [0.25, 0.3) is 0 Å². The zero-order chi connectivity index (χ0) is 41.4. The molecule has 9 aromatic carbocycles. The van der Waals surface area contributed by atoms with Crippen molar-refractivity contribution in [3.8, 4) is 44.8 Å². The highest BCUT2D eigenvalue weighted by atomic mass is 15.1. The van der Waals surface area contributed by atoms with Gasteiger partial charge in [-0.05, 0) is 123 Å². The number of hydrogen-bond acceptors (Lipinski definition) is 1. The Balaban J connectivity index is 0.996. The molecule has 0 N–H and O–H groups in total. The Kier molecular flexibility index (Phi) is 8.20. The largest absolute Gasteiger partial charge is 0.316 e. The lowest BCUT2D eigenvalue weighted by Gasteiger charge is -2.28. The van der Waals surface area contributed by atoms with Gasteiger partial charge < -0.3 is 14.0 Å². The fourth-order valence-corrected chi connectivity index (χ4v) is 10.1. The molecule has 62 heavy (non-hydrogen) atoms. The van der Waals surface area contributed by atoms with Crippen molar-refractivity contribution in [2.45, 2.75) is 19.3 Å². The lowest BCUT2D eigenvalue weighted by atomic mass is 9.82. The Morgan fingerprint density at radius 3 is 1.84 bits per heavy atom. The van der Waals surface area contributed by atoms with Gasteiger partial charge in [-0.3, -0.25) is 0 Å². The molecule has 0 saturated heterocycles. The van der Waals surface area contributed by atoms with Crippen LogP contribution in [-0.2, 0) is 5.41 Å². The van der Waals surface area contributed by atoms with Crippen LogP contribution < -0.4 is 4.90 Å². The molecule has 12 rings (SSSR count). The summed E-state index contributed by atoms with van der Waals surface area (Å²) in [6, 6.07) is 79.9. The zero-order valence-electron chi connectivity index (χ0n) is 34.7. The van der Waals surface area contributed by atoms with Crippen LogP contribution in [0, 0.1) is 0 Å². The van der Waals surface area contributed by atoms with E-state index in [4.69, 9.17) is 0 Å². The molecule has 0 spiro atoms. The van der Waals surface area contributed by atoms with Crippen molar-refractivity contribution < 1.29 is 0 Å². The summed E-state index contributed by atoms with van der Waals surface area (Å²) in [7, 11) is 0. The van der Waals surface area contributed by atoms with Gasteiger partial charge in [-0.15, -0.1) is 0 Å². The van der Waals surface area contributed by atoms with Crippen LogP contribution in [0.25, 0.3) is 77.5 Å².